The van der Waals surface area contributed by atoms with E-state index in [1.165, 1.54) is 11.8 Å². The molecule has 1 fully saturated rings. The minimum atomic E-state index is -1.10. The smallest absolute Gasteiger partial charge is 0.410 e. The maximum atomic E-state index is 11.8. The molecule has 1 amide bonds. The first-order chi connectivity index (χ1) is 8.60. The van der Waals surface area contributed by atoms with Crippen LogP contribution in [0.2, 0.25) is 0 Å². The number of hydrogen-bond donors (Lipinski definition) is 1. The maximum absolute atomic E-state index is 11.8. The second-order valence-electron chi connectivity index (χ2n) is 5.48. The van der Waals surface area contributed by atoms with Crippen LogP contribution in [0.1, 0.15) is 27.7 Å². The van der Waals surface area contributed by atoms with E-state index in [1.807, 2.05) is 0 Å². The highest BCUT2D eigenvalue weighted by Gasteiger charge is 2.43. The number of nitrogens with zero attached hydrogens (tertiary/aromatic N) is 1. The molecule has 7 nitrogen and oxygen atoms in total. The van der Waals surface area contributed by atoms with Gasteiger partial charge in [-0.2, -0.15) is 0 Å². The van der Waals surface area contributed by atoms with Crippen molar-refractivity contribution in [1.29, 1.82) is 0 Å². The molecule has 0 saturated carbocycles. The number of esters is 1. The molecule has 1 heterocycles. The van der Waals surface area contributed by atoms with Gasteiger partial charge in [0, 0.05) is 13.5 Å². The van der Waals surface area contributed by atoms with E-state index in [-0.39, 0.29) is 13.1 Å². The van der Waals surface area contributed by atoms with Crippen molar-refractivity contribution in [2.45, 2.75) is 39.4 Å². The summed E-state index contributed by atoms with van der Waals surface area (Å²) in [4.78, 5) is 35.1. The van der Waals surface area contributed by atoms with Gasteiger partial charge in [0.1, 0.15) is 17.6 Å². The molecule has 0 spiro atoms. The van der Waals surface area contributed by atoms with E-state index in [1.54, 1.807) is 20.8 Å². The van der Waals surface area contributed by atoms with Crippen molar-refractivity contribution >= 4 is 18.0 Å². The Morgan fingerprint density at radius 1 is 1.21 bits per heavy atom. The Morgan fingerprint density at radius 2 is 1.79 bits per heavy atom. The molecule has 2 atom stereocenters. The Labute approximate surface area is 111 Å². The van der Waals surface area contributed by atoms with Gasteiger partial charge in [-0.15, -0.1) is 0 Å². The number of rotatable bonds is 2. The van der Waals surface area contributed by atoms with Gasteiger partial charge in [-0.1, -0.05) is 0 Å². The molecule has 0 radical (unpaired) electrons. The van der Waals surface area contributed by atoms with Crippen molar-refractivity contribution in [3.63, 3.8) is 0 Å². The Kier molecular flexibility index (Phi) is 4.39. The zero-order valence-electron chi connectivity index (χ0n) is 11.5. The van der Waals surface area contributed by atoms with Crippen LogP contribution in [0.4, 0.5) is 4.79 Å². The normalized spacial score (nSPS) is 23.1. The van der Waals surface area contributed by atoms with E-state index in [0.29, 0.717) is 0 Å². The molecule has 1 aliphatic rings. The van der Waals surface area contributed by atoms with Crippen molar-refractivity contribution in [3.8, 4) is 0 Å². The van der Waals surface area contributed by atoms with Crippen LogP contribution < -0.4 is 0 Å². The van der Waals surface area contributed by atoms with Gasteiger partial charge in [0.2, 0.25) is 0 Å². The molecule has 7 heteroatoms. The standard InChI is InChI=1S/C12H19NO6/c1-7(14)18-9-6-13(5-8(9)10(15)16)11(17)19-12(2,3)4/h8-9H,5-6H2,1-4H3,(H,15,16)/t8-,9-/m1/s1. The Bertz CT molecular complexity index is 386. The van der Waals surface area contributed by atoms with Gasteiger partial charge in [0.25, 0.3) is 0 Å². The molecular formula is C12H19NO6. The molecule has 1 saturated heterocycles. The number of ether oxygens (including phenoxy) is 2. The third-order valence-electron chi connectivity index (χ3n) is 2.55. The Balaban J connectivity index is 2.72. The van der Waals surface area contributed by atoms with Gasteiger partial charge in [-0.25, -0.2) is 4.79 Å². The molecule has 0 aromatic heterocycles. The molecular weight excluding hydrogens is 254 g/mol. The number of carboxylic acids is 1. The summed E-state index contributed by atoms with van der Waals surface area (Å²) in [7, 11) is 0. The van der Waals surface area contributed by atoms with E-state index in [4.69, 9.17) is 14.6 Å². The fourth-order valence-corrected chi connectivity index (χ4v) is 1.82. The van der Waals surface area contributed by atoms with Gasteiger partial charge in [0.05, 0.1) is 6.54 Å². The van der Waals surface area contributed by atoms with Gasteiger partial charge in [-0.3, -0.25) is 9.59 Å². The zero-order chi connectivity index (χ0) is 14.8. The zero-order valence-corrected chi connectivity index (χ0v) is 11.5. The van der Waals surface area contributed by atoms with Crippen LogP contribution in [0, 0.1) is 5.92 Å². The number of carboxylic acid groups (broad SMARTS) is 1. The third kappa shape index (κ3) is 4.42. The average Bonchev–Trinajstić information content (AvgIpc) is 2.57. The molecule has 19 heavy (non-hydrogen) atoms. The van der Waals surface area contributed by atoms with Crippen molar-refractivity contribution in [1.82, 2.24) is 4.90 Å². The Morgan fingerprint density at radius 3 is 2.21 bits per heavy atom. The number of likely N-dealkylation sites (tertiary alicyclic amines) is 1. The predicted octanol–water partition coefficient (Wildman–Crippen LogP) is 0.870. The largest absolute Gasteiger partial charge is 0.481 e. The van der Waals surface area contributed by atoms with E-state index >= 15 is 0 Å². The van der Waals surface area contributed by atoms with Crippen LogP contribution >= 0.6 is 0 Å². The van der Waals surface area contributed by atoms with Crippen molar-refractivity contribution < 1.29 is 29.0 Å². The fraction of sp³-hybridized carbons (Fsp3) is 0.750. The van der Waals surface area contributed by atoms with Gasteiger partial charge in [0.15, 0.2) is 0 Å². The van der Waals surface area contributed by atoms with Crippen LogP contribution in [-0.4, -0.2) is 52.8 Å². The molecule has 0 aromatic rings. The molecule has 0 aliphatic carbocycles. The topological polar surface area (TPSA) is 93.1 Å². The summed E-state index contributed by atoms with van der Waals surface area (Å²) < 4.78 is 10.1. The minimum absolute atomic E-state index is 0.0256. The summed E-state index contributed by atoms with van der Waals surface area (Å²) in [5.41, 5.74) is -0.657. The highest BCUT2D eigenvalue weighted by molar-refractivity contribution is 5.76. The summed E-state index contributed by atoms with van der Waals surface area (Å²) in [5, 5.41) is 9.06. The number of aliphatic carboxylic acids is 1. The molecule has 0 unspecified atom stereocenters. The molecule has 0 aromatic carbocycles. The van der Waals surface area contributed by atoms with Crippen molar-refractivity contribution in [2.24, 2.45) is 5.92 Å². The lowest BCUT2D eigenvalue weighted by atomic mass is 10.1. The lowest BCUT2D eigenvalue weighted by molar-refractivity contribution is -0.153. The van der Waals surface area contributed by atoms with E-state index in [9.17, 15) is 14.4 Å². The van der Waals surface area contributed by atoms with Crippen molar-refractivity contribution in [3.05, 3.63) is 0 Å². The van der Waals surface area contributed by atoms with Crippen LogP contribution in [0.25, 0.3) is 0 Å². The molecule has 1 N–H and O–H groups in total. The minimum Gasteiger partial charge on any atom is -0.481 e. The molecule has 1 rings (SSSR count). The van der Waals surface area contributed by atoms with E-state index < -0.39 is 35.7 Å². The van der Waals surface area contributed by atoms with E-state index in [0.717, 1.165) is 0 Å². The summed E-state index contributed by atoms with van der Waals surface area (Å²) in [6.45, 7) is 6.38. The predicted molar refractivity (Wildman–Crippen MR) is 64.5 cm³/mol. The molecule has 108 valence electrons. The van der Waals surface area contributed by atoms with Gasteiger partial charge >= 0.3 is 18.0 Å². The SMILES string of the molecule is CC(=O)O[C@@H]1CN(C(=O)OC(C)(C)C)C[C@H]1C(=O)O. The first kappa shape index (κ1) is 15.3. The number of amides is 1. The number of carbonyl (C=O) groups is 3. The van der Waals surface area contributed by atoms with Crippen LogP contribution in [0.3, 0.4) is 0 Å². The van der Waals surface area contributed by atoms with E-state index in [2.05, 4.69) is 0 Å². The summed E-state index contributed by atoms with van der Waals surface area (Å²) in [6, 6.07) is 0. The Hall–Kier alpha value is -1.79. The van der Waals surface area contributed by atoms with Gasteiger partial charge in [-0.05, 0) is 20.8 Å². The lowest BCUT2D eigenvalue weighted by Gasteiger charge is -2.24. The number of hydrogen-bond acceptors (Lipinski definition) is 5. The van der Waals surface area contributed by atoms with Crippen LogP contribution in [-0.2, 0) is 19.1 Å². The van der Waals surface area contributed by atoms with Gasteiger partial charge < -0.3 is 19.5 Å². The van der Waals surface area contributed by atoms with Crippen molar-refractivity contribution in [2.75, 3.05) is 13.1 Å². The molecule has 0 bridgehead atoms. The first-order valence-electron chi connectivity index (χ1n) is 5.98. The van der Waals surface area contributed by atoms with Crippen LogP contribution in [0.15, 0.2) is 0 Å². The highest BCUT2D eigenvalue weighted by Crippen LogP contribution is 2.22. The van der Waals surface area contributed by atoms with Crippen LogP contribution in [0.5, 0.6) is 0 Å². The summed E-state index contributed by atoms with van der Waals surface area (Å²) in [5.74, 6) is -2.59. The number of carbonyl (C=O) groups excluding carboxylic acids is 2. The quantitative estimate of drug-likeness (QED) is 0.750. The lowest BCUT2D eigenvalue weighted by Crippen LogP contribution is -2.36. The summed E-state index contributed by atoms with van der Waals surface area (Å²) >= 11 is 0. The second kappa shape index (κ2) is 5.46. The second-order valence-corrected chi connectivity index (χ2v) is 5.48. The fourth-order valence-electron chi connectivity index (χ4n) is 1.82. The average molecular weight is 273 g/mol. The third-order valence-corrected chi connectivity index (χ3v) is 2.55. The highest BCUT2D eigenvalue weighted by atomic mass is 16.6. The molecule has 1 aliphatic heterocycles. The monoisotopic (exact) mass is 273 g/mol. The summed E-state index contributed by atoms with van der Waals surface area (Å²) in [6.07, 6.45) is -1.43. The first-order valence-corrected chi connectivity index (χ1v) is 5.98. The maximum Gasteiger partial charge on any atom is 0.410 e.